The minimum absolute atomic E-state index is 0.210. The van der Waals surface area contributed by atoms with Crippen LogP contribution in [0.1, 0.15) is 26.7 Å². The lowest BCUT2D eigenvalue weighted by atomic mass is 10.4. The molecule has 0 fully saturated rings. The first kappa shape index (κ1) is 8.92. The van der Waals surface area contributed by atoms with Crippen molar-refractivity contribution in [1.29, 1.82) is 0 Å². The maximum absolute atomic E-state index is 8.71. The van der Waals surface area contributed by atoms with Crippen molar-refractivity contribution in [2.45, 2.75) is 26.7 Å². The van der Waals surface area contributed by atoms with E-state index < -0.39 is 0 Å². The molecule has 1 N–H and O–H groups in total. The van der Waals surface area contributed by atoms with E-state index in [1.165, 1.54) is 0 Å². The van der Waals surface area contributed by atoms with Gasteiger partial charge in [-0.1, -0.05) is 13.8 Å². The molecule has 0 saturated carbocycles. The monoisotopic (exact) mass is 131 g/mol. The lowest BCUT2D eigenvalue weighted by molar-refractivity contribution is 0.180. The zero-order valence-electron chi connectivity index (χ0n) is 6.43. The minimum atomic E-state index is 0.210. The molecular formula is C7H17NO+. The third-order valence-electron chi connectivity index (χ3n) is 1.28. The number of hydrogen-bond donors (Lipinski definition) is 1. The molecule has 0 spiro atoms. The zero-order valence-corrected chi connectivity index (χ0v) is 6.43. The Bertz CT molecular complexity index is 50.9. The summed E-state index contributed by atoms with van der Waals surface area (Å²) in [6.07, 6.45) is 2.25. The second kappa shape index (κ2) is 6.05. The van der Waals surface area contributed by atoms with Crippen LogP contribution in [-0.4, -0.2) is 24.9 Å². The molecule has 55 valence electrons. The highest BCUT2D eigenvalue weighted by atomic mass is 16.3. The first-order valence-electron chi connectivity index (χ1n) is 3.68. The average Bonchev–Trinajstić information content (AvgIpc) is 1.88. The quantitative estimate of drug-likeness (QED) is 0.435. The second-order valence-electron chi connectivity index (χ2n) is 2.26. The maximum atomic E-state index is 8.71. The summed E-state index contributed by atoms with van der Waals surface area (Å²) in [4.78, 5) is 2.04. The number of aliphatic hydroxyl groups is 1. The molecule has 0 heterocycles. The van der Waals surface area contributed by atoms with Gasteiger partial charge in [0.05, 0.1) is 0 Å². The number of nitrogens with zero attached hydrogens (tertiary/aromatic N) is 1. The minimum Gasteiger partial charge on any atom is -0.344 e. The second-order valence-corrected chi connectivity index (χ2v) is 2.26. The largest absolute Gasteiger partial charge is 0.344 e. The summed E-state index contributed by atoms with van der Waals surface area (Å²) >= 11 is 0. The van der Waals surface area contributed by atoms with Gasteiger partial charge in [0.2, 0.25) is 6.73 Å². The van der Waals surface area contributed by atoms with Crippen LogP contribution in [-0.2, 0) is 0 Å². The molecule has 0 aromatic carbocycles. The van der Waals surface area contributed by atoms with Gasteiger partial charge in [0.1, 0.15) is 13.1 Å². The molecule has 0 amide bonds. The first-order valence-corrected chi connectivity index (χ1v) is 3.68. The molecule has 0 bridgehead atoms. The van der Waals surface area contributed by atoms with Gasteiger partial charge in [-0.3, -0.25) is 0 Å². The van der Waals surface area contributed by atoms with Crippen molar-refractivity contribution >= 4 is 0 Å². The average molecular weight is 131 g/mol. The summed E-state index contributed by atoms with van der Waals surface area (Å²) in [6, 6.07) is 0. The Kier molecular flexibility index (Phi) is 5.99. The predicted octanol–water partition coefficient (Wildman–Crippen LogP) is 0.896. The molecule has 9 heavy (non-hydrogen) atoms. The molecule has 0 aliphatic rings. The smallest absolute Gasteiger partial charge is 0.224 e. The van der Waals surface area contributed by atoms with Gasteiger partial charge in [0.25, 0.3) is 0 Å². The molecule has 0 rings (SSSR count). The van der Waals surface area contributed by atoms with E-state index in [-0.39, 0.29) is 6.73 Å². The van der Waals surface area contributed by atoms with Gasteiger partial charge in [-0.15, -0.1) is 4.90 Å². The van der Waals surface area contributed by atoms with E-state index >= 15 is 0 Å². The van der Waals surface area contributed by atoms with E-state index in [4.69, 9.17) is 5.11 Å². The summed E-state index contributed by atoms with van der Waals surface area (Å²) in [7, 11) is 0. The van der Waals surface area contributed by atoms with Crippen LogP contribution in [0.2, 0.25) is 0 Å². The fourth-order valence-electron chi connectivity index (χ4n) is 0.886. The standard InChI is InChI=1S/C7H17NO/c1-3-5-8(7-9)6-4-2/h9H,3-7H2,1-2H3/q+1. The van der Waals surface area contributed by atoms with Crippen molar-refractivity contribution in [3.8, 4) is 0 Å². The molecule has 0 aromatic heterocycles. The molecule has 0 unspecified atom stereocenters. The summed E-state index contributed by atoms with van der Waals surface area (Å²) < 4.78 is 0. The van der Waals surface area contributed by atoms with E-state index in [2.05, 4.69) is 13.8 Å². The van der Waals surface area contributed by atoms with Crippen molar-refractivity contribution in [3.63, 3.8) is 0 Å². The van der Waals surface area contributed by atoms with Gasteiger partial charge in [-0.25, -0.2) is 0 Å². The van der Waals surface area contributed by atoms with E-state index in [1.807, 2.05) is 4.90 Å². The number of aliphatic hydroxyl groups excluding tert-OH is 1. The topological polar surface area (TPSA) is 26.1 Å². The van der Waals surface area contributed by atoms with Gasteiger partial charge in [-0.05, 0) is 12.8 Å². The molecule has 1 radical (unpaired) electrons. The lowest BCUT2D eigenvalue weighted by Crippen LogP contribution is -2.32. The molecular weight excluding hydrogens is 114 g/mol. The molecule has 0 aromatic rings. The first-order chi connectivity index (χ1) is 4.35. The van der Waals surface area contributed by atoms with E-state index in [0.717, 1.165) is 25.9 Å². The Labute approximate surface area is 57.5 Å². The Balaban J connectivity index is 3.18. The normalized spacial score (nSPS) is 10.7. The third-order valence-corrected chi connectivity index (χ3v) is 1.28. The van der Waals surface area contributed by atoms with Crippen molar-refractivity contribution < 1.29 is 5.11 Å². The van der Waals surface area contributed by atoms with Crippen LogP contribution >= 0.6 is 0 Å². The van der Waals surface area contributed by atoms with Crippen LogP contribution in [0.25, 0.3) is 0 Å². The van der Waals surface area contributed by atoms with Crippen molar-refractivity contribution in [2.24, 2.45) is 0 Å². The van der Waals surface area contributed by atoms with Crippen molar-refractivity contribution in [2.75, 3.05) is 19.8 Å². The zero-order chi connectivity index (χ0) is 7.11. The fraction of sp³-hybridized carbons (Fsp3) is 1.00. The highest BCUT2D eigenvalue weighted by Gasteiger charge is 2.07. The van der Waals surface area contributed by atoms with Gasteiger partial charge in [-0.2, -0.15) is 0 Å². The van der Waals surface area contributed by atoms with Crippen LogP contribution in [0.15, 0.2) is 0 Å². The summed E-state index contributed by atoms with van der Waals surface area (Å²) in [5.74, 6) is 0. The highest BCUT2D eigenvalue weighted by Crippen LogP contribution is 1.86. The Morgan fingerprint density at radius 1 is 1.11 bits per heavy atom. The SMILES string of the molecule is CCC[N+](CO)CCC. The summed E-state index contributed by atoms with van der Waals surface area (Å²) in [5.41, 5.74) is 0. The van der Waals surface area contributed by atoms with Crippen LogP contribution in [0.4, 0.5) is 0 Å². The molecule has 2 nitrogen and oxygen atoms in total. The molecule has 0 aliphatic heterocycles. The van der Waals surface area contributed by atoms with E-state index in [0.29, 0.717) is 0 Å². The molecule has 0 atom stereocenters. The Hall–Kier alpha value is -0.0800. The third kappa shape index (κ3) is 4.43. The van der Waals surface area contributed by atoms with Crippen molar-refractivity contribution in [3.05, 3.63) is 0 Å². The molecule has 0 saturated heterocycles. The van der Waals surface area contributed by atoms with Crippen molar-refractivity contribution in [1.82, 2.24) is 4.90 Å². The molecule has 0 aliphatic carbocycles. The van der Waals surface area contributed by atoms with Crippen LogP contribution in [0.5, 0.6) is 0 Å². The van der Waals surface area contributed by atoms with E-state index in [1.54, 1.807) is 0 Å². The Morgan fingerprint density at radius 3 is 1.78 bits per heavy atom. The van der Waals surface area contributed by atoms with Gasteiger partial charge >= 0.3 is 0 Å². The van der Waals surface area contributed by atoms with Gasteiger partial charge in [0.15, 0.2) is 0 Å². The van der Waals surface area contributed by atoms with Crippen LogP contribution in [0.3, 0.4) is 0 Å². The van der Waals surface area contributed by atoms with E-state index in [9.17, 15) is 0 Å². The number of hydrogen-bond acceptors (Lipinski definition) is 2. The van der Waals surface area contributed by atoms with Crippen LogP contribution in [0, 0.1) is 0 Å². The fourth-order valence-corrected chi connectivity index (χ4v) is 0.886. The molecule has 2 heteroatoms. The summed E-state index contributed by atoms with van der Waals surface area (Å²) in [5, 5.41) is 8.71. The Morgan fingerprint density at radius 2 is 1.56 bits per heavy atom. The maximum Gasteiger partial charge on any atom is 0.224 e. The lowest BCUT2D eigenvalue weighted by Gasteiger charge is -2.05. The number of rotatable bonds is 5. The summed E-state index contributed by atoms with van der Waals surface area (Å²) in [6.45, 7) is 6.49. The predicted molar refractivity (Wildman–Crippen MR) is 39.5 cm³/mol. The van der Waals surface area contributed by atoms with Gasteiger partial charge < -0.3 is 5.11 Å². The van der Waals surface area contributed by atoms with Crippen LogP contribution < -0.4 is 4.90 Å². The highest BCUT2D eigenvalue weighted by molar-refractivity contribution is 4.55. The van der Waals surface area contributed by atoms with Gasteiger partial charge in [0, 0.05) is 0 Å².